The molecule has 0 aromatic heterocycles. The molecule has 0 spiro atoms. The first-order valence-electron chi connectivity index (χ1n) is 12.0. The molecule has 10 heteroatoms. The zero-order valence-corrected chi connectivity index (χ0v) is 21.2. The molecular weight excluding hydrogens is 474 g/mol. The minimum absolute atomic E-state index is 0.199. The predicted octanol–water partition coefficient (Wildman–Crippen LogP) is 1.97. The number of rotatable bonds is 9. The van der Waals surface area contributed by atoms with Gasteiger partial charge in [-0.05, 0) is 38.0 Å². The summed E-state index contributed by atoms with van der Waals surface area (Å²) in [5, 5.41) is 8.22. The summed E-state index contributed by atoms with van der Waals surface area (Å²) in [6.07, 6.45) is 1.99. The van der Waals surface area contributed by atoms with Gasteiger partial charge in [0.25, 0.3) is 0 Å². The highest BCUT2D eigenvalue weighted by atomic mass is 16.5. The van der Waals surface area contributed by atoms with E-state index in [1.54, 1.807) is 38.1 Å². The summed E-state index contributed by atoms with van der Waals surface area (Å²) in [5.41, 5.74) is 7.68. The third-order valence-electron chi connectivity index (χ3n) is 5.95. The number of hydrogen-bond acceptors (Lipinski definition) is 5. The number of benzene rings is 2. The molecule has 1 fully saturated rings. The fourth-order valence-corrected chi connectivity index (χ4v) is 4.21. The number of nitrogens with zero attached hydrogens (tertiary/aromatic N) is 1. The lowest BCUT2D eigenvalue weighted by Crippen LogP contribution is -2.58. The molecule has 3 rings (SSSR count). The van der Waals surface area contributed by atoms with E-state index in [9.17, 15) is 19.2 Å². The molecule has 0 aliphatic carbocycles. The number of ether oxygens (including phenoxy) is 1. The van der Waals surface area contributed by atoms with Crippen LogP contribution < -0.4 is 26.4 Å². The van der Waals surface area contributed by atoms with Crippen LogP contribution in [-0.4, -0.2) is 60.4 Å². The van der Waals surface area contributed by atoms with Crippen LogP contribution in [0.2, 0.25) is 0 Å². The van der Waals surface area contributed by atoms with E-state index < -0.39 is 36.0 Å². The SMILES string of the molecule is COc1cccc(NC(=O)N[C@H]2CCN(C(=O)C=C(C)C)[C@@H]2C(=O)N[C@H](Cc2ccccc2)C(N)=O)c1. The van der Waals surface area contributed by atoms with E-state index in [1.165, 1.54) is 18.1 Å². The van der Waals surface area contributed by atoms with E-state index in [0.717, 1.165) is 11.1 Å². The minimum atomic E-state index is -1.03. The van der Waals surface area contributed by atoms with Gasteiger partial charge in [0.15, 0.2) is 0 Å². The van der Waals surface area contributed by atoms with Gasteiger partial charge in [-0.15, -0.1) is 0 Å². The van der Waals surface area contributed by atoms with Gasteiger partial charge in [-0.2, -0.15) is 0 Å². The Morgan fingerprint density at radius 1 is 1.11 bits per heavy atom. The Kier molecular flexibility index (Phi) is 9.26. The molecule has 196 valence electrons. The molecule has 1 saturated heterocycles. The molecule has 0 saturated carbocycles. The molecule has 2 aromatic rings. The molecule has 3 atom stereocenters. The number of hydrogen-bond donors (Lipinski definition) is 4. The van der Waals surface area contributed by atoms with Crippen LogP contribution in [0, 0.1) is 0 Å². The second-order valence-corrected chi connectivity index (χ2v) is 9.08. The third kappa shape index (κ3) is 7.57. The van der Waals surface area contributed by atoms with Gasteiger partial charge in [0.1, 0.15) is 17.8 Å². The third-order valence-corrected chi connectivity index (χ3v) is 5.95. The van der Waals surface area contributed by atoms with Gasteiger partial charge in [0, 0.05) is 30.8 Å². The van der Waals surface area contributed by atoms with Gasteiger partial charge in [-0.3, -0.25) is 14.4 Å². The standard InChI is InChI=1S/C27H33N5O5/c1-17(2)14-23(33)32-13-12-21(31-27(36)29-19-10-7-11-20(16-19)37-3)24(32)26(35)30-22(25(28)34)15-18-8-5-4-6-9-18/h4-11,14,16,21-22,24H,12-13,15H2,1-3H3,(H2,28,34)(H,30,35)(H2,29,31,36)/t21-,22+,24-/m0/s1. The van der Waals surface area contributed by atoms with Crippen LogP contribution in [0.5, 0.6) is 5.75 Å². The Morgan fingerprint density at radius 3 is 2.49 bits per heavy atom. The van der Waals surface area contributed by atoms with Crippen LogP contribution >= 0.6 is 0 Å². The number of urea groups is 1. The summed E-state index contributed by atoms with van der Waals surface area (Å²) in [6, 6.07) is 12.8. The van der Waals surface area contributed by atoms with E-state index >= 15 is 0 Å². The number of nitrogens with two attached hydrogens (primary N) is 1. The number of nitrogens with one attached hydrogen (secondary N) is 3. The van der Waals surface area contributed by atoms with Gasteiger partial charge < -0.3 is 31.3 Å². The summed E-state index contributed by atoms with van der Waals surface area (Å²) < 4.78 is 5.18. The highest BCUT2D eigenvalue weighted by molar-refractivity contribution is 5.97. The molecule has 1 aliphatic heterocycles. The molecule has 1 aliphatic rings. The number of primary amides is 1. The van der Waals surface area contributed by atoms with Crippen molar-refractivity contribution in [2.75, 3.05) is 19.0 Å². The second-order valence-electron chi connectivity index (χ2n) is 9.08. The van der Waals surface area contributed by atoms with Gasteiger partial charge in [-0.1, -0.05) is 42.0 Å². The van der Waals surface area contributed by atoms with Crippen LogP contribution in [0.3, 0.4) is 0 Å². The van der Waals surface area contributed by atoms with Crippen molar-refractivity contribution in [3.8, 4) is 5.75 Å². The number of allylic oxidation sites excluding steroid dienone is 1. The summed E-state index contributed by atoms with van der Waals surface area (Å²) in [5.74, 6) is -1.04. The van der Waals surface area contributed by atoms with E-state index in [4.69, 9.17) is 10.5 Å². The Labute approximate surface area is 216 Å². The molecule has 5 N–H and O–H groups in total. The van der Waals surface area contributed by atoms with Crippen molar-refractivity contribution in [1.82, 2.24) is 15.5 Å². The summed E-state index contributed by atoms with van der Waals surface area (Å²) in [6.45, 7) is 3.82. The maximum absolute atomic E-state index is 13.5. The highest BCUT2D eigenvalue weighted by Gasteiger charge is 2.43. The fourth-order valence-electron chi connectivity index (χ4n) is 4.21. The van der Waals surface area contributed by atoms with E-state index in [-0.39, 0.29) is 18.9 Å². The summed E-state index contributed by atoms with van der Waals surface area (Å²) in [4.78, 5) is 52.7. The first-order chi connectivity index (χ1) is 17.7. The Bertz CT molecular complexity index is 1160. The highest BCUT2D eigenvalue weighted by Crippen LogP contribution is 2.21. The van der Waals surface area contributed by atoms with Crippen molar-refractivity contribution >= 4 is 29.4 Å². The van der Waals surface area contributed by atoms with Crippen molar-refractivity contribution in [3.63, 3.8) is 0 Å². The number of carbonyl (C=O) groups excluding carboxylic acids is 4. The largest absolute Gasteiger partial charge is 0.497 e. The number of methoxy groups -OCH3 is 1. The Morgan fingerprint density at radius 2 is 1.84 bits per heavy atom. The smallest absolute Gasteiger partial charge is 0.319 e. The molecule has 2 aromatic carbocycles. The maximum Gasteiger partial charge on any atom is 0.319 e. The Balaban J connectivity index is 1.78. The molecule has 0 bridgehead atoms. The van der Waals surface area contributed by atoms with Gasteiger partial charge in [0.2, 0.25) is 17.7 Å². The lowest BCUT2D eigenvalue weighted by Gasteiger charge is -2.28. The van der Waals surface area contributed by atoms with Crippen LogP contribution in [0.25, 0.3) is 0 Å². The van der Waals surface area contributed by atoms with E-state index in [1.807, 2.05) is 30.3 Å². The van der Waals surface area contributed by atoms with Crippen molar-refractivity contribution in [1.29, 1.82) is 0 Å². The van der Waals surface area contributed by atoms with Gasteiger partial charge in [0.05, 0.1) is 13.2 Å². The first kappa shape index (κ1) is 27.3. The number of carbonyl (C=O) groups is 4. The van der Waals surface area contributed by atoms with E-state index in [2.05, 4.69) is 16.0 Å². The zero-order valence-electron chi connectivity index (χ0n) is 21.2. The fraction of sp³-hybridized carbons (Fsp3) is 0.333. The maximum atomic E-state index is 13.5. The van der Waals surface area contributed by atoms with E-state index in [0.29, 0.717) is 17.9 Å². The van der Waals surface area contributed by atoms with Crippen LogP contribution in [-0.2, 0) is 20.8 Å². The van der Waals surface area contributed by atoms with Crippen molar-refractivity contribution in [2.24, 2.45) is 5.73 Å². The first-order valence-corrected chi connectivity index (χ1v) is 12.0. The number of anilines is 1. The lowest BCUT2D eigenvalue weighted by atomic mass is 10.0. The monoisotopic (exact) mass is 507 g/mol. The van der Waals surface area contributed by atoms with Crippen LogP contribution in [0.1, 0.15) is 25.8 Å². The van der Waals surface area contributed by atoms with Crippen LogP contribution in [0.4, 0.5) is 10.5 Å². The van der Waals surface area contributed by atoms with Gasteiger partial charge >= 0.3 is 6.03 Å². The minimum Gasteiger partial charge on any atom is -0.497 e. The average molecular weight is 508 g/mol. The van der Waals surface area contributed by atoms with Crippen molar-refractivity contribution in [3.05, 3.63) is 71.8 Å². The zero-order chi connectivity index (χ0) is 26.9. The summed E-state index contributed by atoms with van der Waals surface area (Å²) in [7, 11) is 1.52. The predicted molar refractivity (Wildman–Crippen MR) is 140 cm³/mol. The average Bonchev–Trinajstić information content (AvgIpc) is 3.27. The number of amides is 5. The van der Waals surface area contributed by atoms with Crippen LogP contribution in [0.15, 0.2) is 66.2 Å². The molecule has 37 heavy (non-hydrogen) atoms. The number of likely N-dealkylation sites (tertiary alicyclic amines) is 1. The second kappa shape index (κ2) is 12.6. The Hall–Kier alpha value is -4.34. The van der Waals surface area contributed by atoms with Crippen molar-refractivity contribution < 1.29 is 23.9 Å². The molecule has 0 unspecified atom stereocenters. The molecule has 10 nitrogen and oxygen atoms in total. The molecule has 0 radical (unpaired) electrons. The topological polar surface area (TPSA) is 143 Å². The quantitative estimate of drug-likeness (QED) is 0.384. The molecule has 5 amide bonds. The molecule has 1 heterocycles. The van der Waals surface area contributed by atoms with Gasteiger partial charge in [-0.25, -0.2) is 4.79 Å². The molecular formula is C27H33N5O5. The summed E-state index contributed by atoms with van der Waals surface area (Å²) >= 11 is 0. The normalized spacial score (nSPS) is 17.3. The lowest BCUT2D eigenvalue weighted by molar-refractivity contribution is -0.137. The van der Waals surface area contributed by atoms with Crippen molar-refractivity contribution in [2.45, 2.75) is 44.8 Å².